The lowest BCUT2D eigenvalue weighted by Gasteiger charge is -2.30. The maximum atomic E-state index is 12.5. The molecular formula is C19H27N3O3. The molecule has 0 radical (unpaired) electrons. The minimum absolute atomic E-state index is 0.102. The number of nitrogens with zero attached hydrogens (tertiary/aromatic N) is 1. The van der Waals surface area contributed by atoms with Gasteiger partial charge in [-0.15, -0.1) is 0 Å². The molecular weight excluding hydrogens is 318 g/mol. The zero-order valence-electron chi connectivity index (χ0n) is 14.8. The normalized spacial score (nSPS) is 21.9. The number of morpholine rings is 1. The van der Waals surface area contributed by atoms with Gasteiger partial charge in [-0.05, 0) is 31.9 Å². The third-order valence-electron chi connectivity index (χ3n) is 4.83. The van der Waals surface area contributed by atoms with Crippen molar-refractivity contribution in [2.24, 2.45) is 0 Å². The fraction of sp³-hybridized carbons (Fsp3) is 0.579. The van der Waals surface area contributed by atoms with Crippen LogP contribution in [0.3, 0.4) is 0 Å². The Morgan fingerprint density at radius 2 is 2.00 bits per heavy atom. The monoisotopic (exact) mass is 345 g/mol. The molecule has 1 heterocycles. The van der Waals surface area contributed by atoms with Crippen LogP contribution in [0, 0.1) is 0 Å². The van der Waals surface area contributed by atoms with Crippen LogP contribution in [-0.2, 0) is 9.53 Å². The largest absolute Gasteiger partial charge is 0.376 e. The Hall–Kier alpha value is -1.92. The van der Waals surface area contributed by atoms with Gasteiger partial charge in [0.2, 0.25) is 5.91 Å². The van der Waals surface area contributed by atoms with E-state index in [1.807, 2.05) is 19.1 Å². The molecule has 0 unspecified atom stereocenters. The smallest absolute Gasteiger partial charge is 0.253 e. The Morgan fingerprint density at radius 1 is 1.24 bits per heavy atom. The number of ether oxygens (including phenoxy) is 1. The minimum atomic E-state index is -0.109. The summed E-state index contributed by atoms with van der Waals surface area (Å²) in [5.41, 5.74) is 1.10. The van der Waals surface area contributed by atoms with E-state index >= 15 is 0 Å². The van der Waals surface area contributed by atoms with Crippen molar-refractivity contribution in [3.8, 4) is 0 Å². The fourth-order valence-electron chi connectivity index (χ4n) is 3.55. The van der Waals surface area contributed by atoms with Crippen molar-refractivity contribution in [2.75, 3.05) is 31.6 Å². The summed E-state index contributed by atoms with van der Waals surface area (Å²) in [6, 6.07) is 7.45. The van der Waals surface area contributed by atoms with E-state index in [9.17, 15) is 9.59 Å². The van der Waals surface area contributed by atoms with E-state index in [2.05, 4.69) is 15.5 Å². The molecule has 2 amide bonds. The van der Waals surface area contributed by atoms with E-state index in [0.717, 1.165) is 25.9 Å². The summed E-state index contributed by atoms with van der Waals surface area (Å²) in [6.07, 6.45) is 4.55. The van der Waals surface area contributed by atoms with Crippen molar-refractivity contribution < 1.29 is 14.3 Å². The Morgan fingerprint density at radius 3 is 2.76 bits per heavy atom. The fourth-order valence-corrected chi connectivity index (χ4v) is 3.55. The zero-order chi connectivity index (χ0) is 17.6. The molecule has 25 heavy (non-hydrogen) atoms. The molecule has 6 nitrogen and oxygen atoms in total. The summed E-state index contributed by atoms with van der Waals surface area (Å²) < 4.78 is 5.50. The molecule has 0 bridgehead atoms. The Bertz CT molecular complexity index is 614. The van der Waals surface area contributed by atoms with Crippen molar-refractivity contribution in [3.63, 3.8) is 0 Å². The third-order valence-corrected chi connectivity index (χ3v) is 4.83. The number of anilines is 1. The lowest BCUT2D eigenvalue weighted by Crippen LogP contribution is -2.44. The molecule has 3 rings (SSSR count). The highest BCUT2D eigenvalue weighted by molar-refractivity contribution is 6.04. The summed E-state index contributed by atoms with van der Waals surface area (Å²) in [5.74, 6) is -0.210. The summed E-state index contributed by atoms with van der Waals surface area (Å²) in [4.78, 5) is 27.0. The first-order valence-corrected chi connectivity index (χ1v) is 9.15. The SMILES string of the molecule is C[C@H]1CN(CC(=O)Nc2ccccc2C(=O)NC2CCCC2)CCO1. The average molecular weight is 345 g/mol. The topological polar surface area (TPSA) is 70.7 Å². The molecule has 1 saturated carbocycles. The van der Waals surface area contributed by atoms with Crippen LogP contribution in [0.5, 0.6) is 0 Å². The zero-order valence-corrected chi connectivity index (χ0v) is 14.8. The van der Waals surface area contributed by atoms with E-state index < -0.39 is 0 Å². The molecule has 1 aromatic carbocycles. The standard InChI is InChI=1S/C19H27N3O3/c1-14-12-22(10-11-25-14)13-18(23)21-17-9-5-4-8-16(17)19(24)20-15-6-2-3-7-15/h4-5,8-9,14-15H,2-3,6-7,10-13H2,1H3,(H,20,24)(H,21,23)/t14-/m0/s1. The average Bonchev–Trinajstić information content (AvgIpc) is 3.08. The van der Waals surface area contributed by atoms with Crippen LogP contribution in [0.1, 0.15) is 43.0 Å². The maximum Gasteiger partial charge on any atom is 0.253 e. The number of hydrogen-bond donors (Lipinski definition) is 2. The number of para-hydroxylation sites is 1. The van der Waals surface area contributed by atoms with Crippen LogP contribution in [0.25, 0.3) is 0 Å². The highest BCUT2D eigenvalue weighted by Gasteiger charge is 2.22. The van der Waals surface area contributed by atoms with Gasteiger partial charge in [0, 0.05) is 19.1 Å². The van der Waals surface area contributed by atoms with Crippen LogP contribution in [-0.4, -0.2) is 55.1 Å². The van der Waals surface area contributed by atoms with Crippen molar-refractivity contribution >= 4 is 17.5 Å². The summed E-state index contributed by atoms with van der Waals surface area (Å²) in [6.45, 7) is 4.46. The van der Waals surface area contributed by atoms with E-state index in [-0.39, 0.29) is 24.0 Å². The second-order valence-corrected chi connectivity index (χ2v) is 6.97. The van der Waals surface area contributed by atoms with Gasteiger partial charge in [-0.3, -0.25) is 14.5 Å². The van der Waals surface area contributed by atoms with Crippen molar-refractivity contribution in [1.29, 1.82) is 0 Å². The first kappa shape index (κ1) is 17.9. The lowest BCUT2D eigenvalue weighted by atomic mass is 10.1. The number of nitrogens with one attached hydrogen (secondary N) is 2. The van der Waals surface area contributed by atoms with Crippen LogP contribution in [0.15, 0.2) is 24.3 Å². The van der Waals surface area contributed by atoms with Crippen LogP contribution in [0.2, 0.25) is 0 Å². The Labute approximate surface area is 148 Å². The molecule has 0 spiro atoms. The van der Waals surface area contributed by atoms with Crippen LogP contribution in [0.4, 0.5) is 5.69 Å². The van der Waals surface area contributed by atoms with Crippen molar-refractivity contribution in [1.82, 2.24) is 10.2 Å². The van der Waals surface area contributed by atoms with Gasteiger partial charge >= 0.3 is 0 Å². The molecule has 1 aliphatic carbocycles. The number of amides is 2. The van der Waals surface area contributed by atoms with Crippen molar-refractivity contribution in [2.45, 2.75) is 44.8 Å². The summed E-state index contributed by atoms with van der Waals surface area (Å²) in [5, 5.41) is 5.98. The van der Waals surface area contributed by atoms with Gasteiger partial charge in [0.15, 0.2) is 0 Å². The molecule has 1 aliphatic heterocycles. The number of carbonyl (C=O) groups is 2. The van der Waals surface area contributed by atoms with Gasteiger partial charge in [-0.25, -0.2) is 0 Å². The highest BCUT2D eigenvalue weighted by atomic mass is 16.5. The highest BCUT2D eigenvalue weighted by Crippen LogP contribution is 2.20. The third kappa shape index (κ3) is 5.03. The van der Waals surface area contributed by atoms with Gasteiger partial charge in [-0.2, -0.15) is 0 Å². The Kier molecular flexibility index (Phi) is 6.04. The number of benzene rings is 1. The molecule has 1 atom stereocenters. The van der Waals surface area contributed by atoms with E-state index in [0.29, 0.717) is 24.4 Å². The van der Waals surface area contributed by atoms with Crippen LogP contribution < -0.4 is 10.6 Å². The van der Waals surface area contributed by atoms with Gasteiger partial charge < -0.3 is 15.4 Å². The molecule has 2 aliphatic rings. The molecule has 1 aromatic rings. The number of rotatable bonds is 5. The summed E-state index contributed by atoms with van der Waals surface area (Å²) in [7, 11) is 0. The second kappa shape index (κ2) is 8.45. The molecule has 2 N–H and O–H groups in total. The first-order valence-electron chi connectivity index (χ1n) is 9.15. The quantitative estimate of drug-likeness (QED) is 0.856. The van der Waals surface area contributed by atoms with Gasteiger partial charge in [0.1, 0.15) is 0 Å². The molecule has 136 valence electrons. The second-order valence-electron chi connectivity index (χ2n) is 6.97. The van der Waals surface area contributed by atoms with Crippen molar-refractivity contribution in [3.05, 3.63) is 29.8 Å². The van der Waals surface area contributed by atoms with Gasteiger partial charge in [0.05, 0.1) is 30.5 Å². The van der Waals surface area contributed by atoms with Gasteiger partial charge in [0.25, 0.3) is 5.91 Å². The number of carbonyl (C=O) groups excluding carboxylic acids is 2. The molecule has 6 heteroatoms. The van der Waals surface area contributed by atoms with E-state index in [1.54, 1.807) is 12.1 Å². The van der Waals surface area contributed by atoms with Crippen LogP contribution >= 0.6 is 0 Å². The Balaban J connectivity index is 1.59. The molecule has 2 fully saturated rings. The van der Waals surface area contributed by atoms with E-state index in [4.69, 9.17) is 4.74 Å². The predicted octanol–water partition coefficient (Wildman–Crippen LogP) is 2.02. The molecule has 1 saturated heterocycles. The maximum absolute atomic E-state index is 12.5. The number of hydrogen-bond acceptors (Lipinski definition) is 4. The minimum Gasteiger partial charge on any atom is -0.376 e. The van der Waals surface area contributed by atoms with E-state index in [1.165, 1.54) is 12.8 Å². The predicted molar refractivity (Wildman–Crippen MR) is 96.6 cm³/mol. The first-order chi connectivity index (χ1) is 12.1. The lowest BCUT2D eigenvalue weighted by molar-refractivity contribution is -0.119. The van der Waals surface area contributed by atoms with Gasteiger partial charge in [-0.1, -0.05) is 25.0 Å². The molecule has 0 aromatic heterocycles. The summed E-state index contributed by atoms with van der Waals surface area (Å²) >= 11 is 0.